The summed E-state index contributed by atoms with van der Waals surface area (Å²) in [6.45, 7) is 8.71. The van der Waals surface area contributed by atoms with Crippen LogP contribution in [0.3, 0.4) is 0 Å². The number of hydrazone groups is 1. The number of rotatable bonds is 3. The van der Waals surface area contributed by atoms with E-state index in [1.807, 2.05) is 6.92 Å². The van der Waals surface area contributed by atoms with Gasteiger partial charge < -0.3 is 0 Å². The minimum atomic E-state index is -3.58. The minimum absolute atomic E-state index is 0.00740. The Morgan fingerprint density at radius 3 is 2.32 bits per heavy atom. The lowest BCUT2D eigenvalue weighted by molar-refractivity contribution is 0.193. The van der Waals surface area contributed by atoms with E-state index in [0.29, 0.717) is 5.92 Å². The van der Waals surface area contributed by atoms with Gasteiger partial charge in [0.05, 0.1) is 4.90 Å². The van der Waals surface area contributed by atoms with Gasteiger partial charge in [-0.25, -0.2) is 4.83 Å². The fourth-order valence-electron chi connectivity index (χ4n) is 3.98. The van der Waals surface area contributed by atoms with Crippen LogP contribution in [-0.4, -0.2) is 14.1 Å². The van der Waals surface area contributed by atoms with E-state index < -0.39 is 10.0 Å². The lowest BCUT2D eigenvalue weighted by Crippen LogP contribution is -2.34. The molecule has 120 valence electrons. The van der Waals surface area contributed by atoms with Crippen molar-refractivity contribution >= 4 is 15.7 Å². The highest BCUT2D eigenvalue weighted by Crippen LogP contribution is 2.63. The topological polar surface area (TPSA) is 58.5 Å². The van der Waals surface area contributed by atoms with Crippen LogP contribution in [0.25, 0.3) is 0 Å². The summed E-state index contributed by atoms with van der Waals surface area (Å²) < 4.78 is 24.7. The lowest BCUT2D eigenvalue weighted by atomic mass is 9.70. The highest BCUT2D eigenvalue weighted by atomic mass is 32.2. The van der Waals surface area contributed by atoms with E-state index in [1.54, 1.807) is 24.3 Å². The largest absolute Gasteiger partial charge is 0.276 e. The summed E-state index contributed by atoms with van der Waals surface area (Å²) >= 11 is 0. The molecule has 1 aromatic rings. The van der Waals surface area contributed by atoms with Gasteiger partial charge in [-0.2, -0.15) is 13.5 Å². The average molecular weight is 320 g/mol. The second-order valence-corrected chi connectivity index (χ2v) is 9.12. The number of hydrogen-bond donors (Lipinski definition) is 1. The van der Waals surface area contributed by atoms with Crippen LogP contribution in [0.15, 0.2) is 34.3 Å². The Morgan fingerprint density at radius 1 is 1.18 bits per heavy atom. The normalized spacial score (nSPS) is 31.6. The molecule has 0 unspecified atom stereocenters. The monoisotopic (exact) mass is 320 g/mol. The van der Waals surface area contributed by atoms with Crippen molar-refractivity contribution in [2.75, 3.05) is 0 Å². The SMILES string of the molecule is Cc1ccc(S(=O)(=O)NN=C2C[C@H]3CC[C@]2(C)C3(C)C)cc1. The molecule has 2 saturated carbocycles. The van der Waals surface area contributed by atoms with Crippen LogP contribution in [0.5, 0.6) is 0 Å². The summed E-state index contributed by atoms with van der Waals surface area (Å²) in [4.78, 5) is 2.70. The standard InChI is InChI=1S/C17H24N2O2S/c1-12-5-7-14(8-6-12)22(20,21)19-18-15-11-13-9-10-17(15,4)16(13,2)3/h5-8,13,19H,9-11H2,1-4H3/t13-,17+/m1/s1. The molecule has 1 N–H and O–H groups in total. The molecule has 1 aromatic carbocycles. The number of hydrogen-bond acceptors (Lipinski definition) is 3. The van der Waals surface area contributed by atoms with Crippen LogP contribution in [0.1, 0.15) is 45.6 Å². The van der Waals surface area contributed by atoms with Gasteiger partial charge in [-0.15, -0.1) is 0 Å². The summed E-state index contributed by atoms with van der Waals surface area (Å²) in [5.41, 5.74) is 2.24. The second-order valence-electron chi connectivity index (χ2n) is 7.46. The molecule has 2 bridgehead atoms. The molecule has 0 spiro atoms. The third kappa shape index (κ3) is 2.18. The molecule has 4 nitrogen and oxygen atoms in total. The van der Waals surface area contributed by atoms with E-state index in [-0.39, 0.29) is 15.7 Å². The molecule has 0 aromatic heterocycles. The van der Waals surface area contributed by atoms with Gasteiger partial charge >= 0.3 is 0 Å². The number of sulfonamides is 1. The smallest absolute Gasteiger partial charge is 0.200 e. The van der Waals surface area contributed by atoms with Gasteiger partial charge in [0, 0.05) is 11.1 Å². The maximum Gasteiger partial charge on any atom is 0.276 e. The Hall–Kier alpha value is -1.36. The van der Waals surface area contributed by atoms with Crippen LogP contribution >= 0.6 is 0 Å². The summed E-state index contributed by atoms with van der Waals surface area (Å²) in [6.07, 6.45) is 3.21. The van der Waals surface area contributed by atoms with E-state index in [4.69, 9.17) is 0 Å². The Labute approximate surface area is 133 Å². The highest BCUT2D eigenvalue weighted by Gasteiger charge is 2.60. The summed E-state index contributed by atoms with van der Waals surface area (Å²) in [5, 5.41) is 4.32. The Balaban J connectivity index is 1.85. The predicted molar refractivity (Wildman–Crippen MR) is 88.2 cm³/mol. The van der Waals surface area contributed by atoms with E-state index in [1.165, 1.54) is 6.42 Å². The molecule has 2 atom stereocenters. The maximum atomic E-state index is 12.4. The molecule has 0 saturated heterocycles. The number of aryl methyl sites for hydroxylation is 1. The van der Waals surface area contributed by atoms with Crippen molar-refractivity contribution in [1.29, 1.82) is 0 Å². The Kier molecular flexibility index (Phi) is 3.40. The fourth-order valence-corrected chi connectivity index (χ4v) is 4.81. The average Bonchev–Trinajstić information content (AvgIpc) is 2.78. The van der Waals surface area contributed by atoms with E-state index in [9.17, 15) is 8.42 Å². The van der Waals surface area contributed by atoms with Crippen LogP contribution in [0.4, 0.5) is 0 Å². The maximum absolute atomic E-state index is 12.4. The molecule has 0 heterocycles. The third-order valence-electron chi connectivity index (χ3n) is 6.14. The first-order chi connectivity index (χ1) is 10.2. The first-order valence-corrected chi connectivity index (χ1v) is 9.31. The van der Waals surface area contributed by atoms with E-state index in [0.717, 1.165) is 24.1 Å². The first kappa shape index (κ1) is 15.5. The van der Waals surface area contributed by atoms with Crippen molar-refractivity contribution in [3.05, 3.63) is 29.8 Å². The van der Waals surface area contributed by atoms with Gasteiger partial charge in [0.1, 0.15) is 0 Å². The molecule has 0 amide bonds. The zero-order chi connectivity index (χ0) is 16.2. The van der Waals surface area contributed by atoms with Gasteiger partial charge in [0.15, 0.2) is 0 Å². The van der Waals surface area contributed by atoms with Crippen molar-refractivity contribution in [3.63, 3.8) is 0 Å². The van der Waals surface area contributed by atoms with Crippen LogP contribution in [-0.2, 0) is 10.0 Å². The van der Waals surface area contributed by atoms with Crippen molar-refractivity contribution in [3.8, 4) is 0 Å². The quantitative estimate of drug-likeness (QED) is 0.867. The third-order valence-corrected chi connectivity index (χ3v) is 7.37. The second kappa shape index (κ2) is 4.82. The van der Waals surface area contributed by atoms with Crippen molar-refractivity contribution < 1.29 is 8.42 Å². The van der Waals surface area contributed by atoms with E-state index >= 15 is 0 Å². The summed E-state index contributed by atoms with van der Waals surface area (Å²) in [7, 11) is -3.58. The number of nitrogens with zero attached hydrogens (tertiary/aromatic N) is 1. The van der Waals surface area contributed by atoms with E-state index in [2.05, 4.69) is 30.7 Å². The molecule has 0 radical (unpaired) electrons. The van der Waals surface area contributed by atoms with Crippen LogP contribution in [0.2, 0.25) is 0 Å². The van der Waals surface area contributed by atoms with Gasteiger partial charge in [-0.1, -0.05) is 38.5 Å². The molecule has 2 aliphatic rings. The zero-order valence-electron chi connectivity index (χ0n) is 13.7. The van der Waals surface area contributed by atoms with Crippen molar-refractivity contribution in [2.24, 2.45) is 21.8 Å². The van der Waals surface area contributed by atoms with Gasteiger partial charge in [-0.05, 0) is 49.7 Å². The molecule has 0 aliphatic heterocycles. The molecular weight excluding hydrogens is 296 g/mol. The molecule has 2 aliphatic carbocycles. The molecule has 5 heteroatoms. The number of benzene rings is 1. The highest BCUT2D eigenvalue weighted by molar-refractivity contribution is 7.89. The summed E-state index contributed by atoms with van der Waals surface area (Å²) in [5.74, 6) is 0.611. The first-order valence-electron chi connectivity index (χ1n) is 7.82. The van der Waals surface area contributed by atoms with Gasteiger partial charge in [0.2, 0.25) is 0 Å². The molecule has 2 fully saturated rings. The Bertz CT molecular complexity index is 720. The van der Waals surface area contributed by atoms with Crippen molar-refractivity contribution in [1.82, 2.24) is 4.83 Å². The molecule has 22 heavy (non-hydrogen) atoms. The molecule has 3 rings (SSSR count). The fraction of sp³-hybridized carbons (Fsp3) is 0.588. The minimum Gasteiger partial charge on any atom is -0.200 e. The van der Waals surface area contributed by atoms with Crippen LogP contribution < -0.4 is 4.83 Å². The van der Waals surface area contributed by atoms with Gasteiger partial charge in [0.25, 0.3) is 10.0 Å². The predicted octanol–water partition coefficient (Wildman–Crippen LogP) is 3.48. The number of nitrogens with one attached hydrogen (secondary N) is 1. The molecular formula is C17H24N2O2S. The van der Waals surface area contributed by atoms with Gasteiger partial charge in [-0.3, -0.25) is 0 Å². The number of fused-ring (bicyclic) bond motifs is 2. The van der Waals surface area contributed by atoms with Crippen LogP contribution in [0, 0.1) is 23.7 Å². The lowest BCUT2D eigenvalue weighted by Gasteiger charge is -2.34. The Morgan fingerprint density at radius 2 is 1.82 bits per heavy atom. The summed E-state index contributed by atoms with van der Waals surface area (Å²) in [6, 6.07) is 6.82. The van der Waals surface area contributed by atoms with Crippen molar-refractivity contribution in [2.45, 2.75) is 51.9 Å². The zero-order valence-corrected chi connectivity index (χ0v) is 14.5.